The molecule has 1 atom stereocenters. The third-order valence-electron chi connectivity index (χ3n) is 4.64. The summed E-state index contributed by atoms with van der Waals surface area (Å²) in [6.07, 6.45) is 3.38. The summed E-state index contributed by atoms with van der Waals surface area (Å²) in [5.41, 5.74) is 2.39. The Balaban J connectivity index is 2.09. The quantitative estimate of drug-likeness (QED) is 0.740. The molecular weight excluding hydrogens is 378 g/mol. The first kappa shape index (κ1) is 19.9. The third kappa shape index (κ3) is 4.04. The van der Waals surface area contributed by atoms with Crippen LogP contribution in [-0.2, 0) is 9.84 Å². The van der Waals surface area contributed by atoms with Crippen molar-refractivity contribution in [1.29, 1.82) is 0 Å². The standard InChI is InChI=1S/C21H23NO5S/c1-25-16-10-8-14(9-11-16)18-12-15(13-20(22-18)28(4,23)24)17-6-5-7-19(26-2)21(17)27-3/h5-11,13,15H,12H2,1-4H3. The molecule has 0 N–H and O–H groups in total. The fraction of sp³-hybridized carbons (Fsp3) is 0.286. The monoisotopic (exact) mass is 401 g/mol. The lowest BCUT2D eigenvalue weighted by Gasteiger charge is -2.23. The molecule has 0 bridgehead atoms. The molecule has 148 valence electrons. The Labute approximate surface area is 165 Å². The lowest BCUT2D eigenvalue weighted by molar-refractivity contribution is 0.350. The third-order valence-corrected chi connectivity index (χ3v) is 5.63. The zero-order valence-electron chi connectivity index (χ0n) is 16.3. The van der Waals surface area contributed by atoms with Crippen molar-refractivity contribution in [2.75, 3.05) is 27.6 Å². The van der Waals surface area contributed by atoms with Crippen LogP contribution >= 0.6 is 0 Å². The number of methoxy groups -OCH3 is 3. The van der Waals surface area contributed by atoms with E-state index in [1.54, 1.807) is 27.4 Å². The fourth-order valence-corrected chi connectivity index (χ4v) is 3.92. The van der Waals surface area contributed by atoms with Gasteiger partial charge in [-0.2, -0.15) is 0 Å². The Kier molecular flexibility index (Phi) is 5.74. The Morgan fingerprint density at radius 1 is 0.964 bits per heavy atom. The van der Waals surface area contributed by atoms with Gasteiger partial charge < -0.3 is 14.2 Å². The number of benzene rings is 2. The van der Waals surface area contributed by atoms with E-state index in [0.29, 0.717) is 23.6 Å². The molecule has 1 unspecified atom stereocenters. The maximum Gasteiger partial charge on any atom is 0.192 e. The van der Waals surface area contributed by atoms with Crippen LogP contribution in [0.4, 0.5) is 0 Å². The molecule has 1 heterocycles. The average molecular weight is 401 g/mol. The van der Waals surface area contributed by atoms with E-state index in [4.69, 9.17) is 14.2 Å². The predicted octanol–water partition coefficient (Wildman–Crippen LogP) is 3.58. The van der Waals surface area contributed by atoms with Crippen LogP contribution in [0.15, 0.2) is 58.6 Å². The van der Waals surface area contributed by atoms with Gasteiger partial charge in [0.05, 0.1) is 27.0 Å². The van der Waals surface area contributed by atoms with Crippen molar-refractivity contribution in [2.45, 2.75) is 12.3 Å². The molecule has 28 heavy (non-hydrogen) atoms. The molecule has 0 amide bonds. The minimum absolute atomic E-state index is 0.0550. The summed E-state index contributed by atoms with van der Waals surface area (Å²) in [5, 5.41) is 0.0550. The maximum absolute atomic E-state index is 12.3. The van der Waals surface area contributed by atoms with Gasteiger partial charge in [-0.05, 0) is 42.0 Å². The van der Waals surface area contributed by atoms with Gasteiger partial charge in [0.1, 0.15) is 5.75 Å². The van der Waals surface area contributed by atoms with Gasteiger partial charge >= 0.3 is 0 Å². The van der Waals surface area contributed by atoms with Crippen LogP contribution < -0.4 is 14.2 Å². The van der Waals surface area contributed by atoms with Crippen LogP contribution in [0.2, 0.25) is 0 Å². The largest absolute Gasteiger partial charge is 0.497 e. The predicted molar refractivity (Wildman–Crippen MR) is 109 cm³/mol. The van der Waals surface area contributed by atoms with Gasteiger partial charge in [0, 0.05) is 24.2 Å². The number of rotatable bonds is 6. The van der Waals surface area contributed by atoms with E-state index in [-0.39, 0.29) is 10.9 Å². The van der Waals surface area contributed by atoms with Crippen molar-refractivity contribution in [2.24, 2.45) is 4.99 Å². The molecule has 0 aliphatic carbocycles. The summed E-state index contributed by atoms with van der Waals surface area (Å²) in [6.45, 7) is 0. The van der Waals surface area contributed by atoms with Crippen molar-refractivity contribution < 1.29 is 22.6 Å². The maximum atomic E-state index is 12.3. The molecular formula is C21H23NO5S. The summed E-state index contributed by atoms with van der Waals surface area (Å²) in [5.74, 6) is 1.70. The van der Waals surface area contributed by atoms with Crippen molar-refractivity contribution in [3.05, 3.63) is 64.7 Å². The van der Waals surface area contributed by atoms with Crippen molar-refractivity contribution in [3.8, 4) is 17.2 Å². The van der Waals surface area contributed by atoms with E-state index in [0.717, 1.165) is 16.9 Å². The van der Waals surface area contributed by atoms with Gasteiger partial charge in [0.2, 0.25) is 0 Å². The van der Waals surface area contributed by atoms with Crippen LogP contribution in [0.1, 0.15) is 23.5 Å². The molecule has 6 nitrogen and oxygen atoms in total. The number of aliphatic imine (C=N–C) groups is 1. The molecule has 0 saturated heterocycles. The second kappa shape index (κ2) is 8.06. The first-order valence-electron chi connectivity index (χ1n) is 8.72. The van der Waals surface area contributed by atoms with E-state index < -0.39 is 9.84 Å². The zero-order valence-corrected chi connectivity index (χ0v) is 17.1. The molecule has 0 fully saturated rings. The Morgan fingerprint density at radius 2 is 1.68 bits per heavy atom. The minimum Gasteiger partial charge on any atom is -0.497 e. The van der Waals surface area contributed by atoms with Gasteiger partial charge in [-0.15, -0.1) is 0 Å². The molecule has 0 spiro atoms. The zero-order chi connectivity index (χ0) is 20.3. The number of allylic oxidation sites excluding steroid dienone is 1. The summed E-state index contributed by atoms with van der Waals surface area (Å²) < 4.78 is 40.7. The van der Waals surface area contributed by atoms with Crippen LogP contribution in [0.25, 0.3) is 0 Å². The molecule has 2 aromatic rings. The molecule has 1 aliphatic rings. The van der Waals surface area contributed by atoms with Crippen molar-refractivity contribution in [1.82, 2.24) is 0 Å². The summed E-state index contributed by atoms with van der Waals surface area (Å²) in [7, 11) is 1.27. The van der Waals surface area contributed by atoms with E-state index in [9.17, 15) is 8.42 Å². The highest BCUT2D eigenvalue weighted by molar-refractivity contribution is 7.94. The van der Waals surface area contributed by atoms with Gasteiger partial charge in [-0.1, -0.05) is 12.1 Å². The summed E-state index contributed by atoms with van der Waals surface area (Å²) in [6, 6.07) is 13.0. The number of ether oxygens (including phenoxy) is 3. The summed E-state index contributed by atoms with van der Waals surface area (Å²) in [4.78, 5) is 4.43. The molecule has 2 aromatic carbocycles. The van der Waals surface area contributed by atoms with Crippen molar-refractivity contribution >= 4 is 15.5 Å². The first-order chi connectivity index (χ1) is 13.4. The van der Waals surface area contributed by atoms with Gasteiger partial charge in [0.15, 0.2) is 26.4 Å². The normalized spacial score (nSPS) is 16.8. The highest BCUT2D eigenvalue weighted by Crippen LogP contribution is 2.40. The molecule has 3 rings (SSSR count). The van der Waals surface area contributed by atoms with Crippen LogP contribution in [0.3, 0.4) is 0 Å². The lowest BCUT2D eigenvalue weighted by atomic mass is 9.88. The first-order valence-corrected chi connectivity index (χ1v) is 10.6. The smallest absolute Gasteiger partial charge is 0.192 e. The topological polar surface area (TPSA) is 74.2 Å². The van der Waals surface area contributed by atoms with Crippen molar-refractivity contribution in [3.63, 3.8) is 0 Å². The van der Waals surface area contributed by atoms with E-state index in [1.165, 1.54) is 6.26 Å². The molecule has 0 radical (unpaired) electrons. The second-order valence-corrected chi connectivity index (χ2v) is 8.42. The van der Waals surface area contributed by atoms with Gasteiger partial charge in [-0.25, -0.2) is 13.4 Å². The number of sulfone groups is 1. The number of hydrogen-bond donors (Lipinski definition) is 0. The number of nitrogens with zero attached hydrogens (tertiary/aromatic N) is 1. The molecule has 1 aliphatic heterocycles. The Bertz CT molecular complexity index is 1020. The Hall–Kier alpha value is -2.80. The van der Waals surface area contributed by atoms with E-state index in [2.05, 4.69) is 4.99 Å². The minimum atomic E-state index is -3.48. The SMILES string of the molecule is COc1ccc(C2=NC(S(C)(=O)=O)=CC(c3cccc(OC)c3OC)C2)cc1. The highest BCUT2D eigenvalue weighted by Gasteiger charge is 2.27. The van der Waals surface area contributed by atoms with E-state index in [1.807, 2.05) is 42.5 Å². The fourth-order valence-electron chi connectivity index (χ4n) is 3.23. The number of para-hydroxylation sites is 1. The molecule has 0 saturated carbocycles. The van der Waals surface area contributed by atoms with Crippen LogP contribution in [-0.4, -0.2) is 41.7 Å². The average Bonchev–Trinajstić information content (AvgIpc) is 2.72. The van der Waals surface area contributed by atoms with Gasteiger partial charge in [0.25, 0.3) is 0 Å². The highest BCUT2D eigenvalue weighted by atomic mass is 32.2. The lowest BCUT2D eigenvalue weighted by Crippen LogP contribution is -2.16. The van der Waals surface area contributed by atoms with Gasteiger partial charge in [-0.3, -0.25) is 0 Å². The second-order valence-electron chi connectivity index (χ2n) is 6.46. The Morgan fingerprint density at radius 3 is 2.25 bits per heavy atom. The molecule has 7 heteroatoms. The molecule has 0 aromatic heterocycles. The summed E-state index contributed by atoms with van der Waals surface area (Å²) >= 11 is 0. The number of hydrogen-bond acceptors (Lipinski definition) is 6. The van der Waals surface area contributed by atoms with Crippen LogP contribution in [0.5, 0.6) is 17.2 Å². The van der Waals surface area contributed by atoms with Crippen LogP contribution in [0, 0.1) is 0 Å². The van der Waals surface area contributed by atoms with E-state index >= 15 is 0 Å².